The molecular formula is C23H22N6O5. The third kappa shape index (κ3) is 4.72. The predicted octanol–water partition coefficient (Wildman–Crippen LogP) is 3.08. The maximum Gasteiger partial charge on any atom is 0.265 e. The first-order valence-corrected chi connectivity index (χ1v) is 10.3. The Morgan fingerprint density at radius 2 is 1.53 bits per heavy atom. The Labute approximate surface area is 193 Å². The molecule has 2 aromatic heterocycles. The Balaban J connectivity index is 1.90. The molecule has 2 heterocycles. The van der Waals surface area contributed by atoms with Crippen LogP contribution >= 0.6 is 0 Å². The second-order valence-corrected chi connectivity index (χ2v) is 7.38. The van der Waals surface area contributed by atoms with Crippen LogP contribution < -0.4 is 20.5 Å². The molecule has 11 nitrogen and oxygen atoms in total. The average molecular weight is 462 g/mol. The Bertz CT molecular complexity index is 1260. The lowest BCUT2D eigenvalue weighted by atomic mass is 9.76. The molecule has 3 N–H and O–H groups in total. The van der Waals surface area contributed by atoms with Gasteiger partial charge in [-0.25, -0.2) is 20.1 Å². The van der Waals surface area contributed by atoms with Crippen molar-refractivity contribution in [1.29, 1.82) is 0 Å². The highest BCUT2D eigenvalue weighted by Gasteiger charge is 2.32. The lowest BCUT2D eigenvalue weighted by Crippen LogP contribution is -2.25. The standard InChI is InChI=1S/C23H22N6O5/c1-33-16-7-3-14(4-8-16)20(15-5-9-17(34-2)10-6-15)21(19-12-24-13-26-19)18-11-25-23(27-22(18)30)28-29(31)32/h3-13,20-21H,1-2H3,(H,24,26)(H2,25,27,28,30). The summed E-state index contributed by atoms with van der Waals surface area (Å²) < 4.78 is 10.6. The number of nitro groups is 1. The van der Waals surface area contributed by atoms with Gasteiger partial charge in [-0.2, -0.15) is 0 Å². The van der Waals surface area contributed by atoms with Crippen molar-refractivity contribution < 1.29 is 14.5 Å². The molecule has 0 saturated heterocycles. The number of aromatic nitrogens is 4. The van der Waals surface area contributed by atoms with Crippen LogP contribution in [0.4, 0.5) is 5.95 Å². The molecule has 0 fully saturated rings. The summed E-state index contributed by atoms with van der Waals surface area (Å²) in [5, 5.41) is 9.98. The third-order valence-electron chi connectivity index (χ3n) is 5.48. The first kappa shape index (κ1) is 22.5. The maximum absolute atomic E-state index is 13.1. The molecule has 1 unspecified atom stereocenters. The van der Waals surface area contributed by atoms with E-state index in [1.807, 2.05) is 54.0 Å². The summed E-state index contributed by atoms with van der Waals surface area (Å²) in [6.07, 6.45) is 4.59. The van der Waals surface area contributed by atoms with E-state index >= 15 is 0 Å². The van der Waals surface area contributed by atoms with E-state index in [0.717, 1.165) is 11.1 Å². The van der Waals surface area contributed by atoms with Crippen LogP contribution in [0.5, 0.6) is 11.5 Å². The van der Waals surface area contributed by atoms with E-state index in [-0.39, 0.29) is 11.9 Å². The van der Waals surface area contributed by atoms with Crippen LogP contribution in [0.3, 0.4) is 0 Å². The second-order valence-electron chi connectivity index (χ2n) is 7.38. The minimum atomic E-state index is -0.791. The molecule has 0 aliphatic rings. The van der Waals surface area contributed by atoms with Crippen LogP contribution in [-0.4, -0.2) is 39.2 Å². The van der Waals surface area contributed by atoms with Crippen molar-refractivity contribution in [2.45, 2.75) is 11.8 Å². The largest absolute Gasteiger partial charge is 0.497 e. The van der Waals surface area contributed by atoms with Gasteiger partial charge in [-0.15, -0.1) is 0 Å². The third-order valence-corrected chi connectivity index (χ3v) is 5.48. The smallest absolute Gasteiger partial charge is 0.265 e. The number of nitrogens with zero attached hydrogens (tertiary/aromatic N) is 3. The number of ether oxygens (including phenoxy) is 2. The molecule has 0 aliphatic carbocycles. The maximum atomic E-state index is 13.1. The fourth-order valence-electron chi connectivity index (χ4n) is 3.92. The summed E-state index contributed by atoms with van der Waals surface area (Å²) in [5.74, 6) is 0.225. The van der Waals surface area contributed by atoms with Crippen LogP contribution in [0.25, 0.3) is 0 Å². The number of hydrogen-bond acceptors (Lipinski definition) is 7. The van der Waals surface area contributed by atoms with Gasteiger partial charge < -0.3 is 14.5 Å². The van der Waals surface area contributed by atoms with Crippen LogP contribution in [0.1, 0.15) is 34.2 Å². The fraction of sp³-hybridized carbons (Fsp3) is 0.174. The molecule has 34 heavy (non-hydrogen) atoms. The molecule has 1 atom stereocenters. The van der Waals surface area contributed by atoms with Gasteiger partial charge >= 0.3 is 0 Å². The minimum Gasteiger partial charge on any atom is -0.497 e. The lowest BCUT2D eigenvalue weighted by Gasteiger charge is -2.27. The van der Waals surface area contributed by atoms with Gasteiger partial charge in [0.25, 0.3) is 11.5 Å². The number of imidazole rings is 1. The molecular weight excluding hydrogens is 440 g/mol. The van der Waals surface area contributed by atoms with Crippen molar-refractivity contribution in [3.05, 3.63) is 110 Å². The predicted molar refractivity (Wildman–Crippen MR) is 124 cm³/mol. The number of aromatic amines is 2. The summed E-state index contributed by atoms with van der Waals surface area (Å²) in [4.78, 5) is 37.7. The summed E-state index contributed by atoms with van der Waals surface area (Å²) >= 11 is 0. The zero-order valence-electron chi connectivity index (χ0n) is 18.4. The molecule has 11 heteroatoms. The van der Waals surface area contributed by atoms with Gasteiger partial charge in [0, 0.05) is 29.8 Å². The molecule has 0 bridgehead atoms. The molecule has 2 aromatic carbocycles. The number of hydrazine groups is 1. The molecule has 0 saturated carbocycles. The number of rotatable bonds is 9. The zero-order valence-corrected chi connectivity index (χ0v) is 18.4. The number of hydrogen-bond donors (Lipinski definition) is 3. The quantitative estimate of drug-likeness (QED) is 0.254. The van der Waals surface area contributed by atoms with Crippen molar-refractivity contribution in [3.63, 3.8) is 0 Å². The van der Waals surface area contributed by atoms with Crippen molar-refractivity contribution >= 4 is 5.95 Å². The van der Waals surface area contributed by atoms with E-state index in [1.54, 1.807) is 20.4 Å². The summed E-state index contributed by atoms with van der Waals surface area (Å²) in [7, 11) is 3.18. The number of nitrogens with one attached hydrogen (secondary N) is 3. The molecule has 174 valence electrons. The van der Waals surface area contributed by atoms with Gasteiger partial charge in [0.05, 0.1) is 26.2 Å². The number of anilines is 1. The number of H-pyrrole nitrogens is 2. The first-order valence-electron chi connectivity index (χ1n) is 10.3. The van der Waals surface area contributed by atoms with Gasteiger partial charge in [0.1, 0.15) is 11.5 Å². The van der Waals surface area contributed by atoms with E-state index < -0.39 is 16.5 Å². The normalized spacial score (nSPS) is 11.7. The monoisotopic (exact) mass is 462 g/mol. The highest BCUT2D eigenvalue weighted by Crippen LogP contribution is 2.41. The average Bonchev–Trinajstić information content (AvgIpc) is 3.38. The van der Waals surface area contributed by atoms with Crippen LogP contribution in [-0.2, 0) is 0 Å². The molecule has 0 amide bonds. The Morgan fingerprint density at radius 1 is 0.941 bits per heavy atom. The number of benzene rings is 2. The first-order chi connectivity index (χ1) is 16.5. The summed E-state index contributed by atoms with van der Waals surface area (Å²) in [5.41, 5.74) is 4.09. The Hall–Kier alpha value is -4.67. The Morgan fingerprint density at radius 3 is 1.97 bits per heavy atom. The van der Waals surface area contributed by atoms with Crippen LogP contribution in [0.15, 0.2) is 72.0 Å². The molecule has 0 spiro atoms. The van der Waals surface area contributed by atoms with Gasteiger partial charge in [-0.3, -0.25) is 9.78 Å². The zero-order chi connectivity index (χ0) is 24.1. The minimum absolute atomic E-state index is 0.259. The van der Waals surface area contributed by atoms with E-state index in [4.69, 9.17) is 9.47 Å². The van der Waals surface area contributed by atoms with Crippen molar-refractivity contribution in [2.24, 2.45) is 0 Å². The fourth-order valence-corrected chi connectivity index (χ4v) is 3.92. The van der Waals surface area contributed by atoms with Gasteiger partial charge in [-0.05, 0) is 35.4 Å². The highest BCUT2D eigenvalue weighted by atomic mass is 16.7. The lowest BCUT2D eigenvalue weighted by molar-refractivity contribution is -0.446. The van der Waals surface area contributed by atoms with E-state index in [1.165, 1.54) is 12.5 Å². The van der Waals surface area contributed by atoms with Crippen molar-refractivity contribution in [3.8, 4) is 11.5 Å². The highest BCUT2D eigenvalue weighted by molar-refractivity contribution is 5.44. The van der Waals surface area contributed by atoms with Gasteiger partial charge in [-0.1, -0.05) is 29.7 Å². The summed E-state index contributed by atoms with van der Waals surface area (Å²) in [6.45, 7) is 0. The van der Waals surface area contributed by atoms with Crippen LogP contribution in [0, 0.1) is 10.1 Å². The van der Waals surface area contributed by atoms with Crippen molar-refractivity contribution in [2.75, 3.05) is 19.6 Å². The van der Waals surface area contributed by atoms with Crippen LogP contribution in [0.2, 0.25) is 0 Å². The van der Waals surface area contributed by atoms with E-state index in [9.17, 15) is 14.9 Å². The molecule has 4 aromatic rings. The van der Waals surface area contributed by atoms with E-state index in [2.05, 4.69) is 19.9 Å². The molecule has 0 radical (unpaired) electrons. The second kappa shape index (κ2) is 9.86. The SMILES string of the molecule is COc1ccc(C(c2ccc(OC)cc2)C(c2c[nH]cn2)c2cnc(N[N+](=O)[O-])[nH]c2=O)cc1. The molecule has 4 rings (SSSR count). The Kier molecular flexibility index (Phi) is 6.53. The summed E-state index contributed by atoms with van der Waals surface area (Å²) in [6, 6.07) is 15.1. The van der Waals surface area contributed by atoms with Gasteiger partial charge in [0.2, 0.25) is 0 Å². The van der Waals surface area contributed by atoms with Gasteiger partial charge in [0.15, 0.2) is 5.03 Å². The molecule has 0 aliphatic heterocycles. The number of methoxy groups -OCH3 is 2. The topological polar surface area (TPSA) is 148 Å². The van der Waals surface area contributed by atoms with Crippen molar-refractivity contribution in [1.82, 2.24) is 19.9 Å². The van der Waals surface area contributed by atoms with E-state index in [0.29, 0.717) is 22.8 Å².